The fourth-order valence-electron chi connectivity index (χ4n) is 2.81. The molecule has 0 spiro atoms. The Kier molecular flexibility index (Phi) is 5.53. The summed E-state index contributed by atoms with van der Waals surface area (Å²) in [5, 5.41) is 9.43. The molecular weight excluding hydrogens is 340 g/mol. The second-order valence-corrected chi connectivity index (χ2v) is 5.95. The molecule has 0 fully saturated rings. The number of rotatable bonds is 6. The largest absolute Gasteiger partial charge is 0.497 e. The molecule has 0 aliphatic rings. The lowest BCUT2D eigenvalue weighted by Crippen LogP contribution is -2.28. The van der Waals surface area contributed by atoms with Crippen molar-refractivity contribution < 1.29 is 4.74 Å². The molecule has 1 aromatic heterocycles. The highest BCUT2D eigenvalue weighted by atomic mass is 16.5. The maximum atomic E-state index is 12.5. The van der Waals surface area contributed by atoms with Crippen molar-refractivity contribution in [2.24, 2.45) is 0 Å². The summed E-state index contributed by atoms with van der Waals surface area (Å²) in [6.07, 6.45) is 0. The number of hydrogen-bond donors (Lipinski definition) is 1. The molecule has 2 aromatic carbocycles. The second-order valence-electron chi connectivity index (χ2n) is 5.95. The predicted octanol–water partition coefficient (Wildman–Crippen LogP) is 3.34. The third kappa shape index (κ3) is 3.98. The number of aromatic nitrogens is 2. The van der Waals surface area contributed by atoms with Gasteiger partial charge in [0.1, 0.15) is 17.4 Å². The number of methoxy groups -OCH3 is 1. The molecule has 0 saturated carbocycles. The van der Waals surface area contributed by atoms with E-state index in [1.54, 1.807) is 31.4 Å². The van der Waals surface area contributed by atoms with Crippen LogP contribution >= 0.6 is 0 Å². The summed E-state index contributed by atoms with van der Waals surface area (Å²) in [6.45, 7) is 3.26. The van der Waals surface area contributed by atoms with Crippen LogP contribution in [0.3, 0.4) is 0 Å². The molecule has 3 aromatic rings. The topological polar surface area (TPSA) is 82.0 Å². The Hall–Kier alpha value is -3.59. The number of nitrogens with zero attached hydrogens (tertiary/aromatic N) is 3. The number of anilines is 1. The number of hydrogen-bond acceptors (Lipinski definition) is 5. The van der Waals surface area contributed by atoms with Crippen LogP contribution in [0.4, 0.5) is 5.95 Å². The Morgan fingerprint density at radius 2 is 1.85 bits per heavy atom. The zero-order valence-corrected chi connectivity index (χ0v) is 15.3. The number of aromatic amines is 1. The van der Waals surface area contributed by atoms with Gasteiger partial charge >= 0.3 is 0 Å². The average molecular weight is 360 g/mol. The van der Waals surface area contributed by atoms with E-state index in [1.165, 1.54) is 0 Å². The molecule has 6 nitrogen and oxygen atoms in total. The van der Waals surface area contributed by atoms with Crippen LogP contribution in [0.15, 0.2) is 59.4 Å². The Balaban J connectivity index is 2.05. The summed E-state index contributed by atoms with van der Waals surface area (Å²) in [5.41, 5.74) is 1.72. The van der Waals surface area contributed by atoms with Gasteiger partial charge in [-0.3, -0.25) is 9.78 Å². The third-order valence-electron chi connectivity index (χ3n) is 4.28. The van der Waals surface area contributed by atoms with E-state index >= 15 is 0 Å². The molecule has 136 valence electrons. The Morgan fingerprint density at radius 3 is 2.44 bits per heavy atom. The van der Waals surface area contributed by atoms with E-state index in [2.05, 4.69) is 9.97 Å². The van der Waals surface area contributed by atoms with Gasteiger partial charge in [0.25, 0.3) is 5.56 Å². The fraction of sp³-hybridized carbons (Fsp3) is 0.190. The zero-order valence-electron chi connectivity index (χ0n) is 15.3. The molecule has 0 saturated heterocycles. The summed E-state index contributed by atoms with van der Waals surface area (Å²) in [5.74, 6) is 1.14. The number of nitriles is 1. The SMILES string of the molecule is CCN(Cc1ccccc1)c1nc(-c2ccc(OC)cc2)c(C#N)c(=O)[nH]1. The van der Waals surface area contributed by atoms with Crippen LogP contribution in [0.1, 0.15) is 18.1 Å². The minimum atomic E-state index is -0.445. The molecule has 0 bridgehead atoms. The van der Waals surface area contributed by atoms with Crippen LogP contribution in [0.2, 0.25) is 0 Å². The van der Waals surface area contributed by atoms with E-state index in [0.717, 1.165) is 5.56 Å². The average Bonchev–Trinajstić information content (AvgIpc) is 2.72. The highest BCUT2D eigenvalue weighted by molar-refractivity contribution is 5.67. The molecule has 1 heterocycles. The van der Waals surface area contributed by atoms with Crippen molar-refractivity contribution in [1.82, 2.24) is 9.97 Å². The van der Waals surface area contributed by atoms with Crippen LogP contribution in [0.25, 0.3) is 11.3 Å². The van der Waals surface area contributed by atoms with Crippen molar-refractivity contribution in [3.05, 3.63) is 76.1 Å². The van der Waals surface area contributed by atoms with Gasteiger partial charge in [0.05, 0.1) is 12.8 Å². The summed E-state index contributed by atoms with van der Waals surface area (Å²) in [6, 6.07) is 19.1. The molecule has 27 heavy (non-hydrogen) atoms. The van der Waals surface area contributed by atoms with Crippen molar-refractivity contribution in [3.63, 3.8) is 0 Å². The predicted molar refractivity (Wildman–Crippen MR) is 105 cm³/mol. The maximum absolute atomic E-state index is 12.5. The van der Waals surface area contributed by atoms with Gasteiger partial charge in [-0.1, -0.05) is 30.3 Å². The van der Waals surface area contributed by atoms with Crippen molar-refractivity contribution in [1.29, 1.82) is 5.26 Å². The summed E-state index contributed by atoms with van der Waals surface area (Å²) in [4.78, 5) is 21.8. The monoisotopic (exact) mass is 360 g/mol. The van der Waals surface area contributed by atoms with Crippen LogP contribution in [-0.2, 0) is 6.54 Å². The summed E-state index contributed by atoms with van der Waals surface area (Å²) in [7, 11) is 1.59. The van der Waals surface area contributed by atoms with E-state index in [9.17, 15) is 10.1 Å². The molecule has 0 radical (unpaired) electrons. The third-order valence-corrected chi connectivity index (χ3v) is 4.28. The number of H-pyrrole nitrogens is 1. The minimum Gasteiger partial charge on any atom is -0.497 e. The number of ether oxygens (including phenoxy) is 1. The van der Waals surface area contributed by atoms with Gasteiger partial charge in [-0.15, -0.1) is 0 Å². The molecule has 3 rings (SSSR count). The summed E-state index contributed by atoms with van der Waals surface area (Å²) < 4.78 is 5.17. The van der Waals surface area contributed by atoms with Gasteiger partial charge in [0.2, 0.25) is 5.95 Å². The summed E-state index contributed by atoms with van der Waals surface area (Å²) >= 11 is 0. The second kappa shape index (κ2) is 8.19. The highest BCUT2D eigenvalue weighted by Crippen LogP contribution is 2.24. The fourth-order valence-corrected chi connectivity index (χ4v) is 2.81. The Labute approximate surface area is 157 Å². The van der Waals surface area contributed by atoms with Gasteiger partial charge in [-0.05, 0) is 36.8 Å². The van der Waals surface area contributed by atoms with E-state index in [4.69, 9.17) is 4.74 Å². The van der Waals surface area contributed by atoms with E-state index in [-0.39, 0.29) is 5.56 Å². The first kappa shape index (κ1) is 18.2. The van der Waals surface area contributed by atoms with Gasteiger partial charge in [0.15, 0.2) is 0 Å². The van der Waals surface area contributed by atoms with Crippen molar-refractivity contribution in [2.75, 3.05) is 18.6 Å². The van der Waals surface area contributed by atoms with Crippen molar-refractivity contribution in [2.45, 2.75) is 13.5 Å². The maximum Gasteiger partial charge on any atom is 0.270 e. The molecule has 0 unspecified atom stereocenters. The first-order valence-electron chi connectivity index (χ1n) is 8.64. The van der Waals surface area contributed by atoms with Gasteiger partial charge < -0.3 is 9.64 Å². The molecule has 1 N–H and O–H groups in total. The van der Waals surface area contributed by atoms with E-state index in [0.29, 0.717) is 36.0 Å². The van der Waals surface area contributed by atoms with Gasteiger partial charge in [0, 0.05) is 18.7 Å². The first-order valence-corrected chi connectivity index (χ1v) is 8.64. The lowest BCUT2D eigenvalue weighted by Gasteiger charge is -2.22. The Morgan fingerprint density at radius 1 is 1.15 bits per heavy atom. The van der Waals surface area contributed by atoms with Crippen molar-refractivity contribution in [3.8, 4) is 23.1 Å². The van der Waals surface area contributed by atoms with Crippen LogP contribution in [0, 0.1) is 11.3 Å². The number of benzene rings is 2. The van der Waals surface area contributed by atoms with E-state index in [1.807, 2.05) is 48.2 Å². The Bertz CT molecular complexity index is 1010. The van der Waals surface area contributed by atoms with Crippen LogP contribution in [0.5, 0.6) is 5.75 Å². The molecule has 0 aliphatic carbocycles. The quantitative estimate of drug-likeness (QED) is 0.729. The standard InChI is InChI=1S/C21H20N4O2/c1-3-25(14-15-7-5-4-6-8-15)21-23-19(18(13-22)20(26)24-21)16-9-11-17(27-2)12-10-16/h4-12H,3,14H2,1-2H3,(H,23,24,26). The first-order chi connectivity index (χ1) is 13.2. The molecule has 0 amide bonds. The molecule has 0 aliphatic heterocycles. The lowest BCUT2D eigenvalue weighted by atomic mass is 10.1. The van der Waals surface area contributed by atoms with E-state index < -0.39 is 5.56 Å². The van der Waals surface area contributed by atoms with Crippen molar-refractivity contribution >= 4 is 5.95 Å². The van der Waals surface area contributed by atoms with Gasteiger partial charge in [-0.25, -0.2) is 4.98 Å². The van der Waals surface area contributed by atoms with Crippen LogP contribution < -0.4 is 15.2 Å². The van der Waals surface area contributed by atoms with Gasteiger partial charge in [-0.2, -0.15) is 5.26 Å². The minimum absolute atomic E-state index is 0.000295. The molecule has 6 heteroatoms. The smallest absolute Gasteiger partial charge is 0.270 e. The van der Waals surface area contributed by atoms with Crippen LogP contribution in [-0.4, -0.2) is 23.6 Å². The normalized spacial score (nSPS) is 10.3. The number of nitrogens with one attached hydrogen (secondary N) is 1. The molecular formula is C21H20N4O2. The highest BCUT2D eigenvalue weighted by Gasteiger charge is 2.16. The lowest BCUT2D eigenvalue weighted by molar-refractivity contribution is 0.415. The molecule has 0 atom stereocenters. The zero-order chi connectivity index (χ0) is 19.2.